The largest absolute Gasteiger partial charge is 0.323 e. The van der Waals surface area contributed by atoms with Crippen molar-refractivity contribution in [1.29, 1.82) is 0 Å². The quantitative estimate of drug-likeness (QED) is 0.0380. The molecule has 0 spiro atoms. The first-order valence-electron chi connectivity index (χ1n) is 31.2. The molecule has 6 heterocycles. The van der Waals surface area contributed by atoms with Crippen LogP contribution in [0.25, 0.3) is 137 Å². The Labute approximate surface area is 499 Å². The number of hydrogen-bond donors (Lipinski definition) is 0. The second-order valence-electron chi connectivity index (χ2n) is 23.3. The Balaban J connectivity index is 0.737. The van der Waals surface area contributed by atoms with Gasteiger partial charge in [-0.1, -0.05) is 226 Å². The molecule has 6 aromatic heterocycles. The average Bonchev–Trinajstić information content (AvgIpc) is 2.45. The molecule has 0 atom stereocenters. The number of aryl methyl sites for hydroxylation is 2. The van der Waals surface area contributed by atoms with Gasteiger partial charge < -0.3 is 9.13 Å². The summed E-state index contributed by atoms with van der Waals surface area (Å²) >= 11 is 7.62. The molecule has 414 valence electrons. The van der Waals surface area contributed by atoms with Crippen LogP contribution in [0.1, 0.15) is 142 Å². The predicted molar refractivity (Wildman–Crippen MR) is 363 cm³/mol. The van der Waals surface area contributed by atoms with E-state index in [1.54, 1.807) is 0 Å². The molecular weight excluding hydrogens is 1070 g/mol. The molecule has 14 aromatic rings. The van der Waals surface area contributed by atoms with Crippen LogP contribution in [-0.2, 0) is 13.1 Å². The molecule has 82 heavy (non-hydrogen) atoms. The van der Waals surface area contributed by atoms with Gasteiger partial charge in [0.2, 0.25) is 0 Å². The highest BCUT2D eigenvalue weighted by Gasteiger charge is 2.25. The molecule has 0 amide bonds. The van der Waals surface area contributed by atoms with Crippen molar-refractivity contribution in [3.63, 3.8) is 0 Å². The van der Waals surface area contributed by atoms with E-state index in [2.05, 4.69) is 169 Å². The fourth-order valence-electron chi connectivity index (χ4n) is 13.6. The summed E-state index contributed by atoms with van der Waals surface area (Å²) in [6, 6.07) is 55.2. The van der Waals surface area contributed by atoms with Gasteiger partial charge in [-0.3, -0.25) is 0 Å². The van der Waals surface area contributed by atoms with Gasteiger partial charge in [-0.15, -0.1) is 45.3 Å². The Morgan fingerprint density at radius 3 is 0.878 bits per heavy atom. The zero-order valence-corrected chi connectivity index (χ0v) is 51.1. The van der Waals surface area contributed by atoms with Gasteiger partial charge in [0.25, 0.3) is 0 Å². The van der Waals surface area contributed by atoms with Crippen molar-refractivity contribution in [2.24, 2.45) is 0 Å². The van der Waals surface area contributed by atoms with Crippen LogP contribution >= 0.6 is 45.3 Å². The number of thiophene rings is 4. The Morgan fingerprint density at radius 2 is 0.549 bits per heavy atom. The molecule has 8 heteroatoms. The fraction of sp³-hybridized carbons (Fsp3) is 0.324. The van der Waals surface area contributed by atoms with E-state index in [9.17, 15) is 0 Å². The molecule has 4 nitrogen and oxygen atoms in total. The molecule has 0 aliphatic carbocycles. The van der Waals surface area contributed by atoms with E-state index in [0.717, 1.165) is 48.6 Å². The van der Waals surface area contributed by atoms with Crippen molar-refractivity contribution in [1.82, 2.24) is 19.1 Å². The lowest BCUT2D eigenvalue weighted by Gasteiger charge is -2.14. The first-order chi connectivity index (χ1) is 40.6. The maximum atomic E-state index is 5.66. The summed E-state index contributed by atoms with van der Waals surface area (Å²) in [5.41, 5.74) is 4.85. The lowest BCUT2D eigenvalue weighted by molar-refractivity contribution is 0.539. The molecular formula is C74H74N4S4. The van der Waals surface area contributed by atoms with Gasteiger partial charge in [-0.05, 0) is 104 Å². The van der Waals surface area contributed by atoms with E-state index in [1.165, 1.54) is 230 Å². The SMILES string of the molecule is CCCCCCCCCCCCn1c(-c2ccc(-c3ccc(-c4ccc(-c5ccc(-c6nc7c8cccc9ccc%10cccc(c%10c98)c7n6CCCCCCCCCCCC)s5)s4)s3)s2)nc2c3cccc4ccc5cccc(c5c43)c21. The Hall–Kier alpha value is -6.42. The topological polar surface area (TPSA) is 35.6 Å². The van der Waals surface area contributed by atoms with Crippen molar-refractivity contribution in [3.8, 4) is 50.7 Å². The summed E-state index contributed by atoms with van der Waals surface area (Å²) in [6.45, 7) is 6.55. The van der Waals surface area contributed by atoms with E-state index in [0.29, 0.717) is 0 Å². The number of fused-ring (bicyclic) bond motifs is 6. The maximum absolute atomic E-state index is 5.66. The van der Waals surface area contributed by atoms with Crippen LogP contribution in [0.2, 0.25) is 0 Å². The van der Waals surface area contributed by atoms with E-state index in [4.69, 9.17) is 9.97 Å². The van der Waals surface area contributed by atoms with Gasteiger partial charge in [-0.2, -0.15) is 0 Å². The number of imidazole rings is 2. The monoisotopic (exact) mass is 1150 g/mol. The van der Waals surface area contributed by atoms with Crippen molar-refractivity contribution in [2.75, 3.05) is 0 Å². The minimum absolute atomic E-state index is 0.971. The van der Waals surface area contributed by atoms with Crippen LogP contribution in [0.3, 0.4) is 0 Å². The Morgan fingerprint density at radius 1 is 0.280 bits per heavy atom. The van der Waals surface area contributed by atoms with Crippen molar-refractivity contribution < 1.29 is 0 Å². The number of benzene rings is 8. The maximum Gasteiger partial charge on any atom is 0.151 e. The third-order valence-corrected chi connectivity index (χ3v) is 22.7. The fourth-order valence-corrected chi connectivity index (χ4v) is 17.9. The molecule has 0 unspecified atom stereocenters. The summed E-state index contributed by atoms with van der Waals surface area (Å²) in [4.78, 5) is 21.7. The first-order valence-corrected chi connectivity index (χ1v) is 34.4. The molecule has 8 aromatic carbocycles. The smallest absolute Gasteiger partial charge is 0.151 e. The Bertz CT molecular complexity index is 4190. The second kappa shape index (κ2) is 24.0. The predicted octanol–water partition coefficient (Wildman–Crippen LogP) is 24.6. The first kappa shape index (κ1) is 53.6. The molecule has 0 saturated carbocycles. The molecule has 0 N–H and O–H groups in total. The zero-order chi connectivity index (χ0) is 54.9. The lowest BCUT2D eigenvalue weighted by Crippen LogP contribution is -2.01. The third-order valence-electron chi connectivity index (χ3n) is 17.8. The van der Waals surface area contributed by atoms with Crippen molar-refractivity contribution >= 4 is 132 Å². The van der Waals surface area contributed by atoms with E-state index in [-0.39, 0.29) is 0 Å². The molecule has 14 rings (SSSR count). The van der Waals surface area contributed by atoms with Crippen LogP contribution in [-0.4, -0.2) is 19.1 Å². The summed E-state index contributed by atoms with van der Waals surface area (Å²) < 4.78 is 5.20. The van der Waals surface area contributed by atoms with Crippen LogP contribution in [0.5, 0.6) is 0 Å². The molecule has 0 aliphatic heterocycles. The summed E-state index contributed by atoms with van der Waals surface area (Å²) in [7, 11) is 0. The minimum Gasteiger partial charge on any atom is -0.323 e. The Kier molecular flexibility index (Phi) is 15.7. The second-order valence-corrected chi connectivity index (χ2v) is 27.7. The third kappa shape index (κ3) is 10.1. The highest BCUT2D eigenvalue weighted by atomic mass is 32.1. The normalized spacial score (nSPS) is 12.4. The number of hydrogen-bond acceptors (Lipinski definition) is 6. The van der Waals surface area contributed by atoms with Gasteiger partial charge in [0.05, 0.1) is 31.8 Å². The number of aromatic nitrogens is 4. The summed E-state index contributed by atoms with van der Waals surface area (Å²) in [5.74, 6) is 2.21. The average molecular weight is 1150 g/mol. The van der Waals surface area contributed by atoms with Gasteiger partial charge in [0, 0.05) is 63.9 Å². The van der Waals surface area contributed by atoms with Crippen LogP contribution in [0, 0.1) is 0 Å². The van der Waals surface area contributed by atoms with Gasteiger partial charge in [0.15, 0.2) is 11.6 Å². The number of rotatable bonds is 27. The molecule has 0 bridgehead atoms. The van der Waals surface area contributed by atoms with Gasteiger partial charge >= 0.3 is 0 Å². The molecule has 0 fully saturated rings. The highest BCUT2D eigenvalue weighted by Crippen LogP contribution is 2.48. The molecule has 0 aliphatic rings. The lowest BCUT2D eigenvalue weighted by atomic mass is 9.93. The van der Waals surface area contributed by atoms with Crippen LogP contribution in [0.15, 0.2) is 146 Å². The van der Waals surface area contributed by atoms with Gasteiger partial charge in [-0.25, -0.2) is 9.97 Å². The van der Waals surface area contributed by atoms with Crippen LogP contribution in [0.4, 0.5) is 0 Å². The summed E-state index contributed by atoms with van der Waals surface area (Å²) in [6.07, 6.45) is 26.6. The minimum atomic E-state index is 0.971. The summed E-state index contributed by atoms with van der Waals surface area (Å²) in [5, 5.41) is 15.8. The standard InChI is InChI=1S/C74H74N4S4/c1-3-5-7-9-11-13-15-17-19-21-47-77-71-55-33-25-29-51-37-35-49-27-23-31-53(65(49)67(51)55)69(71)75-73(77)63-45-43-61(81-63)59-41-39-57(79-59)58-40-42-60(80-58)62-44-46-64(82-62)74-76-70-54-32-24-28-50-36-38-52-30-26-34-56(68(52)66(50)54)72(70)78(74)48-22-20-18-16-14-12-10-8-6-4-2/h23-46H,3-22,47-48H2,1-2H3. The molecule has 0 radical (unpaired) electrons. The van der Waals surface area contributed by atoms with E-state index >= 15 is 0 Å². The zero-order valence-electron chi connectivity index (χ0n) is 47.8. The van der Waals surface area contributed by atoms with Crippen molar-refractivity contribution in [2.45, 2.75) is 155 Å². The number of unbranched alkanes of at least 4 members (excludes halogenated alkanes) is 18. The van der Waals surface area contributed by atoms with E-state index in [1.807, 2.05) is 45.3 Å². The van der Waals surface area contributed by atoms with E-state index < -0.39 is 0 Å². The highest BCUT2D eigenvalue weighted by molar-refractivity contribution is 7.29. The molecule has 0 saturated heterocycles. The van der Waals surface area contributed by atoms with Crippen LogP contribution < -0.4 is 0 Å². The number of nitrogens with zero attached hydrogens (tertiary/aromatic N) is 4. The van der Waals surface area contributed by atoms with Gasteiger partial charge in [0.1, 0.15) is 0 Å². The van der Waals surface area contributed by atoms with Crippen molar-refractivity contribution in [3.05, 3.63) is 146 Å².